The van der Waals surface area contributed by atoms with Crippen LogP contribution in [0.4, 0.5) is 5.82 Å². The number of fused-ring (bicyclic) bond motifs is 1. The molecule has 0 bridgehead atoms. The van der Waals surface area contributed by atoms with Crippen LogP contribution in [0.3, 0.4) is 0 Å². The molecule has 3 heterocycles. The molecule has 0 radical (unpaired) electrons. The number of aliphatic hydroxyl groups excluding tert-OH is 2. The number of nitrogens with zero attached hydrogens (tertiary/aromatic N) is 4. The van der Waals surface area contributed by atoms with Crippen LogP contribution in [0.2, 0.25) is 0 Å². The van der Waals surface area contributed by atoms with E-state index in [0.717, 1.165) is 6.42 Å². The summed E-state index contributed by atoms with van der Waals surface area (Å²) in [5.41, 5.74) is 6.61. The molecule has 1 saturated heterocycles. The van der Waals surface area contributed by atoms with E-state index in [1.54, 1.807) is 4.57 Å². The van der Waals surface area contributed by atoms with Crippen LogP contribution in [-0.2, 0) is 19.0 Å². The van der Waals surface area contributed by atoms with Gasteiger partial charge in [-0.3, -0.25) is 14.7 Å². The fourth-order valence-electron chi connectivity index (χ4n) is 3.51. The van der Waals surface area contributed by atoms with Crippen molar-refractivity contribution in [2.24, 2.45) is 0 Å². The average Bonchev–Trinajstić information content (AvgIpc) is 3.32. The van der Waals surface area contributed by atoms with Gasteiger partial charge in [0.2, 0.25) is 5.91 Å². The van der Waals surface area contributed by atoms with Gasteiger partial charge in [0.15, 0.2) is 17.7 Å². The molecule has 2 aromatic heterocycles. The van der Waals surface area contributed by atoms with Gasteiger partial charge in [-0.15, -0.1) is 0 Å². The van der Waals surface area contributed by atoms with Crippen molar-refractivity contribution in [3.05, 3.63) is 12.7 Å². The molecule has 172 valence electrons. The highest BCUT2D eigenvalue weighted by Crippen LogP contribution is 2.32. The van der Waals surface area contributed by atoms with Crippen molar-refractivity contribution in [2.75, 3.05) is 33.0 Å². The van der Waals surface area contributed by atoms with Crippen LogP contribution >= 0.6 is 0 Å². The Morgan fingerprint density at radius 2 is 2.23 bits per heavy atom. The number of methoxy groups -OCH3 is 1. The number of carbonyl (C=O) groups excluding carboxylic acids is 1. The van der Waals surface area contributed by atoms with Crippen molar-refractivity contribution in [1.82, 2.24) is 30.2 Å². The van der Waals surface area contributed by atoms with E-state index < -0.39 is 37.1 Å². The maximum atomic E-state index is 13.0. The molecular weight excluding hydrogens is 410 g/mol. The number of carbonyl (C=O) groups is 1. The number of rotatable bonds is 11. The minimum absolute atomic E-state index is 0.0988. The van der Waals surface area contributed by atoms with Crippen LogP contribution in [0.1, 0.15) is 26.0 Å². The number of aliphatic hydroxyl groups is 2. The van der Waals surface area contributed by atoms with Crippen LogP contribution in [0, 0.1) is 0 Å². The number of ether oxygens (including phenoxy) is 3. The lowest BCUT2D eigenvalue weighted by molar-refractivity contribution is -0.126. The summed E-state index contributed by atoms with van der Waals surface area (Å²) in [6.07, 6.45) is 1.15. The predicted molar refractivity (Wildman–Crippen MR) is 108 cm³/mol. The van der Waals surface area contributed by atoms with Gasteiger partial charge in [-0.05, 0) is 6.42 Å². The number of hydrogen-bond acceptors (Lipinski definition) is 11. The lowest BCUT2D eigenvalue weighted by Gasteiger charge is -2.26. The third-order valence-corrected chi connectivity index (χ3v) is 5.05. The molecule has 0 aliphatic carbocycles. The monoisotopic (exact) mass is 439 g/mol. The molecule has 13 heteroatoms. The van der Waals surface area contributed by atoms with Gasteiger partial charge in [-0.25, -0.2) is 15.0 Å². The Bertz CT molecular complexity index is 865. The highest BCUT2D eigenvalue weighted by molar-refractivity contribution is 5.82. The summed E-state index contributed by atoms with van der Waals surface area (Å²) in [4.78, 5) is 25.3. The summed E-state index contributed by atoms with van der Waals surface area (Å²) >= 11 is 0. The summed E-state index contributed by atoms with van der Waals surface area (Å²) in [6.45, 7) is 1.76. The SMILES string of the molecule is CCCC(NCOCOC)C(=O)N[C@H]1C(O)[C@@H](CO)O[C@H]1n1cnc2c(N)ncnc21. The molecular formula is C18H29N7O6. The average molecular weight is 439 g/mol. The smallest absolute Gasteiger partial charge is 0.237 e. The number of hydrogen-bond donors (Lipinski definition) is 5. The van der Waals surface area contributed by atoms with E-state index in [1.807, 2.05) is 6.92 Å². The molecule has 5 atom stereocenters. The fraction of sp³-hybridized carbons (Fsp3) is 0.667. The summed E-state index contributed by atoms with van der Waals surface area (Å²) in [5, 5.41) is 26.2. The van der Waals surface area contributed by atoms with Crippen molar-refractivity contribution >= 4 is 22.9 Å². The number of amides is 1. The first-order valence-electron chi connectivity index (χ1n) is 9.99. The Morgan fingerprint density at radius 3 is 2.94 bits per heavy atom. The van der Waals surface area contributed by atoms with E-state index in [9.17, 15) is 15.0 Å². The zero-order valence-corrected chi connectivity index (χ0v) is 17.5. The fourth-order valence-corrected chi connectivity index (χ4v) is 3.51. The quantitative estimate of drug-likeness (QED) is 0.203. The molecule has 0 aromatic carbocycles. The molecule has 13 nitrogen and oxygen atoms in total. The van der Waals surface area contributed by atoms with Crippen molar-refractivity contribution < 1.29 is 29.2 Å². The molecule has 1 amide bonds. The van der Waals surface area contributed by atoms with Crippen LogP contribution in [0.25, 0.3) is 11.2 Å². The zero-order valence-electron chi connectivity index (χ0n) is 17.5. The summed E-state index contributed by atoms with van der Waals surface area (Å²) in [7, 11) is 1.51. The normalized spacial score (nSPS) is 24.5. The largest absolute Gasteiger partial charge is 0.394 e. The van der Waals surface area contributed by atoms with Gasteiger partial charge in [-0.2, -0.15) is 0 Å². The second kappa shape index (κ2) is 10.7. The minimum Gasteiger partial charge on any atom is -0.394 e. The van der Waals surface area contributed by atoms with Gasteiger partial charge in [0.1, 0.15) is 36.9 Å². The number of aromatic nitrogens is 4. The van der Waals surface area contributed by atoms with Crippen molar-refractivity contribution in [3.63, 3.8) is 0 Å². The lowest BCUT2D eigenvalue weighted by atomic mass is 10.1. The summed E-state index contributed by atoms with van der Waals surface area (Å²) in [6, 6.07) is -1.42. The van der Waals surface area contributed by atoms with E-state index >= 15 is 0 Å². The lowest BCUT2D eigenvalue weighted by Crippen LogP contribution is -2.53. The molecule has 0 saturated carbocycles. The van der Waals surface area contributed by atoms with E-state index in [2.05, 4.69) is 25.6 Å². The standard InChI is InChI=1S/C18H29N7O6/c1-3-4-10(23-8-30-9-29-2)17(28)24-12-14(27)11(5-26)31-18(12)25-7-22-13-15(19)20-6-21-16(13)25/h6-7,10-12,14,18,23,26-27H,3-5,8-9H2,1-2H3,(H,24,28)(H2,19,20,21)/t10?,11-,12+,14?,18-/m1/s1. The number of nitrogens with two attached hydrogens (primary N) is 1. The molecule has 1 aliphatic rings. The molecule has 0 spiro atoms. The van der Waals surface area contributed by atoms with Crippen LogP contribution < -0.4 is 16.4 Å². The number of nitrogens with one attached hydrogen (secondary N) is 2. The molecule has 1 aliphatic heterocycles. The highest BCUT2D eigenvalue weighted by atomic mass is 16.7. The first kappa shape index (κ1) is 23.2. The Hall–Kier alpha value is -2.42. The van der Waals surface area contributed by atoms with Gasteiger partial charge < -0.3 is 35.5 Å². The molecule has 2 unspecified atom stereocenters. The van der Waals surface area contributed by atoms with Gasteiger partial charge >= 0.3 is 0 Å². The molecule has 2 aromatic rings. The van der Waals surface area contributed by atoms with Crippen molar-refractivity contribution in [3.8, 4) is 0 Å². The maximum Gasteiger partial charge on any atom is 0.237 e. The Kier molecular flexibility index (Phi) is 8.06. The van der Waals surface area contributed by atoms with Gasteiger partial charge in [0.05, 0.1) is 25.7 Å². The van der Waals surface area contributed by atoms with Crippen molar-refractivity contribution in [2.45, 2.75) is 50.3 Å². The van der Waals surface area contributed by atoms with E-state index in [1.165, 1.54) is 19.8 Å². The van der Waals surface area contributed by atoms with Gasteiger partial charge in [0.25, 0.3) is 0 Å². The minimum atomic E-state index is -1.15. The summed E-state index contributed by atoms with van der Waals surface area (Å²) in [5.74, 6) is -0.137. The predicted octanol–water partition coefficient (Wildman–Crippen LogP) is -1.52. The highest BCUT2D eigenvalue weighted by Gasteiger charge is 2.46. The van der Waals surface area contributed by atoms with Crippen LogP contribution in [-0.4, -0.2) is 87.2 Å². The second-order valence-corrected chi connectivity index (χ2v) is 7.16. The third kappa shape index (κ3) is 5.08. The zero-order chi connectivity index (χ0) is 22.4. The van der Waals surface area contributed by atoms with E-state index in [-0.39, 0.29) is 25.2 Å². The van der Waals surface area contributed by atoms with Crippen molar-refractivity contribution in [1.29, 1.82) is 0 Å². The number of anilines is 1. The molecule has 6 N–H and O–H groups in total. The second-order valence-electron chi connectivity index (χ2n) is 7.16. The number of nitrogen functional groups attached to an aromatic ring is 1. The Morgan fingerprint density at radius 1 is 1.42 bits per heavy atom. The van der Waals surface area contributed by atoms with Gasteiger partial charge in [0, 0.05) is 7.11 Å². The van der Waals surface area contributed by atoms with E-state index in [0.29, 0.717) is 17.6 Å². The third-order valence-electron chi connectivity index (χ3n) is 5.05. The molecule has 31 heavy (non-hydrogen) atoms. The Balaban J connectivity index is 1.80. The topological polar surface area (TPSA) is 179 Å². The summed E-state index contributed by atoms with van der Waals surface area (Å²) < 4.78 is 17.4. The first-order valence-corrected chi connectivity index (χ1v) is 9.99. The maximum absolute atomic E-state index is 13.0. The molecule has 3 rings (SSSR count). The first-order chi connectivity index (χ1) is 15.0. The Labute approximate surface area is 178 Å². The van der Waals surface area contributed by atoms with E-state index in [4.69, 9.17) is 19.9 Å². The van der Waals surface area contributed by atoms with Crippen LogP contribution in [0.5, 0.6) is 0 Å². The molecule has 1 fully saturated rings. The van der Waals surface area contributed by atoms with Crippen LogP contribution in [0.15, 0.2) is 12.7 Å². The number of imidazole rings is 1. The van der Waals surface area contributed by atoms with Gasteiger partial charge in [-0.1, -0.05) is 13.3 Å².